The number of benzene rings is 1. The van der Waals surface area contributed by atoms with Gasteiger partial charge in [-0.25, -0.2) is 18.1 Å². The summed E-state index contributed by atoms with van der Waals surface area (Å²) in [5.74, 6) is 0.922. The van der Waals surface area contributed by atoms with Gasteiger partial charge >= 0.3 is 0 Å². The average molecular weight is 471 g/mol. The number of aromatic nitrogens is 4. The molecule has 164 valence electrons. The molecule has 1 aromatic carbocycles. The topological polar surface area (TPSA) is 114 Å². The Bertz CT molecular complexity index is 1370. The fraction of sp³-hybridized carbons (Fsp3) is 0.250. The van der Waals surface area contributed by atoms with Crippen molar-refractivity contribution in [1.29, 1.82) is 0 Å². The van der Waals surface area contributed by atoms with Crippen molar-refractivity contribution in [1.82, 2.24) is 24.5 Å². The molecule has 2 N–H and O–H groups in total. The highest BCUT2D eigenvalue weighted by molar-refractivity contribution is 7.89. The molecule has 0 aliphatic heterocycles. The maximum atomic E-state index is 12.5. The molecule has 3 heterocycles. The summed E-state index contributed by atoms with van der Waals surface area (Å²) in [4.78, 5) is 4.67. The Morgan fingerprint density at radius 3 is 2.72 bits per heavy atom. The molecule has 9 nitrogen and oxygen atoms in total. The summed E-state index contributed by atoms with van der Waals surface area (Å²) in [5.41, 5.74) is 2.69. The van der Waals surface area contributed by atoms with Crippen LogP contribution in [0.2, 0.25) is 5.02 Å². The van der Waals surface area contributed by atoms with Crippen LogP contribution in [0.25, 0.3) is 16.9 Å². The van der Waals surface area contributed by atoms with Gasteiger partial charge in [-0.2, -0.15) is 9.61 Å². The predicted molar refractivity (Wildman–Crippen MR) is 123 cm³/mol. The second-order valence-electron chi connectivity index (χ2n) is 7.17. The number of hydrogen-bond donors (Lipinski definition) is 2. The monoisotopic (exact) mass is 470 g/mol. The molecule has 2 radical (unpaired) electrons. The van der Waals surface area contributed by atoms with E-state index in [1.165, 1.54) is 6.20 Å². The van der Waals surface area contributed by atoms with Gasteiger partial charge in [-0.05, 0) is 31.8 Å². The van der Waals surface area contributed by atoms with Crippen LogP contribution < -0.4 is 15.5 Å². The summed E-state index contributed by atoms with van der Waals surface area (Å²) in [7, 11) is 2.33. The number of hydrogen-bond acceptors (Lipinski definition) is 7. The van der Waals surface area contributed by atoms with Crippen LogP contribution in [-0.4, -0.2) is 49.1 Å². The minimum atomic E-state index is -3.70. The average Bonchev–Trinajstić information content (AvgIpc) is 3.30. The quantitative estimate of drug-likeness (QED) is 0.300. The molecule has 4 aromatic rings. The van der Waals surface area contributed by atoms with Gasteiger partial charge in [0.05, 0.1) is 5.69 Å². The van der Waals surface area contributed by atoms with Crippen molar-refractivity contribution in [2.45, 2.75) is 25.2 Å². The molecule has 0 aliphatic rings. The van der Waals surface area contributed by atoms with Crippen LogP contribution in [0.15, 0.2) is 45.9 Å². The molecule has 0 atom stereocenters. The third-order valence-corrected chi connectivity index (χ3v) is 6.87. The number of aryl methyl sites for hydroxylation is 2. The molecule has 0 fully saturated rings. The predicted octanol–water partition coefficient (Wildman–Crippen LogP) is 2.23. The Morgan fingerprint density at radius 1 is 1.22 bits per heavy atom. The Balaban J connectivity index is 1.47. The lowest BCUT2D eigenvalue weighted by atomic mass is 10.0. The summed E-state index contributed by atoms with van der Waals surface area (Å²) in [6.07, 6.45) is 2.05. The summed E-state index contributed by atoms with van der Waals surface area (Å²) < 4.78 is 34.1. The van der Waals surface area contributed by atoms with Crippen molar-refractivity contribution in [3.05, 3.63) is 53.0 Å². The van der Waals surface area contributed by atoms with E-state index in [-0.39, 0.29) is 17.2 Å². The summed E-state index contributed by atoms with van der Waals surface area (Å²) >= 11 is 6.34. The molecule has 32 heavy (non-hydrogen) atoms. The van der Waals surface area contributed by atoms with E-state index in [0.717, 1.165) is 5.56 Å². The molecule has 4 rings (SSSR count). The SMILES string of the molecule is [B]c1cnn2c(NCCCNS(=O)(=O)c3c(C)noc3C)cc(-c3ccccc3Cl)nc12. The molecule has 0 saturated carbocycles. The molecule has 0 unspecified atom stereocenters. The van der Waals surface area contributed by atoms with Gasteiger partial charge in [0.1, 0.15) is 24.3 Å². The van der Waals surface area contributed by atoms with Crippen LogP contribution in [0.5, 0.6) is 0 Å². The van der Waals surface area contributed by atoms with Crippen molar-refractivity contribution in [3.8, 4) is 11.3 Å². The van der Waals surface area contributed by atoms with E-state index in [9.17, 15) is 8.42 Å². The first-order chi connectivity index (χ1) is 15.3. The van der Waals surface area contributed by atoms with Gasteiger partial charge in [0.25, 0.3) is 0 Å². The maximum Gasteiger partial charge on any atom is 0.245 e. The Morgan fingerprint density at radius 2 is 2.00 bits per heavy atom. The number of sulfonamides is 1. The number of rotatable bonds is 8. The molecule has 3 aromatic heterocycles. The zero-order chi connectivity index (χ0) is 22.9. The number of nitrogens with one attached hydrogen (secondary N) is 2. The van der Waals surface area contributed by atoms with Crippen LogP contribution in [-0.2, 0) is 10.0 Å². The van der Waals surface area contributed by atoms with Gasteiger partial charge in [-0.15, -0.1) is 0 Å². The van der Waals surface area contributed by atoms with E-state index < -0.39 is 10.0 Å². The van der Waals surface area contributed by atoms with E-state index in [1.54, 1.807) is 24.4 Å². The lowest BCUT2D eigenvalue weighted by Gasteiger charge is -2.12. The van der Waals surface area contributed by atoms with Gasteiger partial charge < -0.3 is 9.84 Å². The van der Waals surface area contributed by atoms with E-state index in [1.807, 2.05) is 24.3 Å². The van der Waals surface area contributed by atoms with Gasteiger partial charge in [0.15, 0.2) is 11.4 Å². The molecular weight excluding hydrogens is 451 g/mol. The largest absolute Gasteiger partial charge is 0.370 e. The summed E-state index contributed by atoms with van der Waals surface area (Å²) in [5, 5.41) is 11.8. The number of nitrogens with zero attached hydrogens (tertiary/aromatic N) is 4. The zero-order valence-corrected chi connectivity index (χ0v) is 19.0. The van der Waals surface area contributed by atoms with Crippen LogP contribution in [0.3, 0.4) is 0 Å². The highest BCUT2D eigenvalue weighted by Crippen LogP contribution is 2.28. The molecule has 0 bridgehead atoms. The molecule has 0 saturated heterocycles. The summed E-state index contributed by atoms with van der Waals surface area (Å²) in [6.45, 7) is 3.86. The second kappa shape index (κ2) is 8.93. The highest BCUT2D eigenvalue weighted by Gasteiger charge is 2.23. The standard InChI is InChI=1S/C20H20BClN6O3S/c1-12-19(13(2)31-27-12)32(29,30)25-9-5-8-23-18-10-17(14-6-3-4-7-16(14)22)26-20-15(21)11-24-28(18)20/h3-4,6-7,10-11,23,25H,5,8-9H2,1-2H3. The Labute approximate surface area is 191 Å². The second-order valence-corrected chi connectivity index (χ2v) is 9.28. The number of fused-ring (bicyclic) bond motifs is 1. The first kappa shape index (κ1) is 22.3. The summed E-state index contributed by atoms with van der Waals surface area (Å²) in [6, 6.07) is 9.22. The molecule has 0 spiro atoms. The van der Waals surface area contributed by atoms with Crippen molar-refractivity contribution >= 4 is 46.4 Å². The fourth-order valence-electron chi connectivity index (χ4n) is 3.35. The Hall–Kier alpha value is -2.89. The van der Waals surface area contributed by atoms with Crippen molar-refractivity contribution in [2.75, 3.05) is 18.4 Å². The van der Waals surface area contributed by atoms with Gasteiger partial charge in [0, 0.05) is 35.9 Å². The Kier molecular flexibility index (Phi) is 6.23. The first-order valence-corrected chi connectivity index (χ1v) is 11.7. The third-order valence-electron chi connectivity index (χ3n) is 4.84. The van der Waals surface area contributed by atoms with Crippen LogP contribution in [0.4, 0.5) is 5.82 Å². The first-order valence-electron chi connectivity index (χ1n) is 9.83. The number of halogens is 1. The van der Waals surface area contributed by atoms with Crippen molar-refractivity contribution in [3.63, 3.8) is 0 Å². The fourth-order valence-corrected chi connectivity index (χ4v) is 4.99. The normalized spacial score (nSPS) is 11.8. The van der Waals surface area contributed by atoms with Gasteiger partial charge in [-0.1, -0.05) is 35.0 Å². The lowest BCUT2D eigenvalue weighted by molar-refractivity contribution is 0.390. The van der Waals surface area contributed by atoms with E-state index >= 15 is 0 Å². The van der Waals surface area contributed by atoms with Crippen LogP contribution >= 0.6 is 11.6 Å². The van der Waals surface area contributed by atoms with E-state index in [0.29, 0.717) is 46.3 Å². The molecule has 0 amide bonds. The van der Waals surface area contributed by atoms with Crippen LogP contribution in [0.1, 0.15) is 17.9 Å². The lowest BCUT2D eigenvalue weighted by Crippen LogP contribution is -2.27. The minimum absolute atomic E-state index is 0.0812. The van der Waals surface area contributed by atoms with E-state index in [2.05, 4.69) is 25.3 Å². The molecule has 12 heteroatoms. The minimum Gasteiger partial charge on any atom is -0.370 e. The molecular formula is C20H20BClN6O3S. The van der Waals surface area contributed by atoms with Crippen LogP contribution in [0, 0.1) is 13.8 Å². The molecule has 0 aliphatic carbocycles. The highest BCUT2D eigenvalue weighted by atomic mass is 35.5. The van der Waals surface area contributed by atoms with Crippen molar-refractivity contribution in [2.24, 2.45) is 0 Å². The number of anilines is 1. The van der Waals surface area contributed by atoms with Crippen molar-refractivity contribution < 1.29 is 12.9 Å². The van der Waals surface area contributed by atoms with E-state index in [4.69, 9.17) is 24.0 Å². The zero-order valence-electron chi connectivity index (χ0n) is 17.5. The van der Waals surface area contributed by atoms with Gasteiger partial charge in [0.2, 0.25) is 10.0 Å². The smallest absolute Gasteiger partial charge is 0.245 e. The van der Waals surface area contributed by atoms with Gasteiger partial charge in [-0.3, -0.25) is 0 Å². The maximum absolute atomic E-state index is 12.5. The third kappa shape index (κ3) is 4.36.